The van der Waals surface area contributed by atoms with E-state index in [0.29, 0.717) is 21.9 Å². The summed E-state index contributed by atoms with van der Waals surface area (Å²) in [7, 11) is 1.97. The summed E-state index contributed by atoms with van der Waals surface area (Å²) in [5.41, 5.74) is 1.02. The Morgan fingerprint density at radius 1 is 1.41 bits per heavy atom. The lowest BCUT2D eigenvalue weighted by atomic mass is 9.97. The predicted molar refractivity (Wildman–Crippen MR) is 90.5 cm³/mol. The molecule has 3 nitrogen and oxygen atoms in total. The molecule has 0 unspecified atom stereocenters. The molecule has 120 valence electrons. The van der Waals surface area contributed by atoms with Crippen LogP contribution in [-0.2, 0) is 4.79 Å². The number of nitrogens with zero attached hydrogens (tertiary/aromatic N) is 1. The van der Waals surface area contributed by atoms with Gasteiger partial charge in [0.1, 0.15) is 0 Å². The van der Waals surface area contributed by atoms with Crippen LogP contribution in [0.4, 0.5) is 0 Å². The van der Waals surface area contributed by atoms with E-state index in [1.54, 1.807) is 6.07 Å². The summed E-state index contributed by atoms with van der Waals surface area (Å²) in [6.07, 6.45) is 3.21. The first-order valence-electron chi connectivity index (χ1n) is 7.99. The molecule has 1 N–H and O–H groups in total. The summed E-state index contributed by atoms with van der Waals surface area (Å²) < 4.78 is 0. The molecule has 5 heteroatoms. The zero-order valence-corrected chi connectivity index (χ0v) is 14.3. The van der Waals surface area contributed by atoms with Gasteiger partial charge in [-0.3, -0.25) is 4.79 Å². The average Bonchev–Trinajstić information content (AvgIpc) is 3.30. The number of piperidine rings is 1. The van der Waals surface area contributed by atoms with Crippen LogP contribution in [0.2, 0.25) is 10.0 Å². The van der Waals surface area contributed by atoms with Crippen molar-refractivity contribution in [1.82, 2.24) is 10.2 Å². The Balaban J connectivity index is 1.64. The van der Waals surface area contributed by atoms with Crippen molar-refractivity contribution in [2.45, 2.75) is 25.2 Å². The fraction of sp³-hybridized carbons (Fsp3) is 0.588. The van der Waals surface area contributed by atoms with Crippen LogP contribution in [0, 0.1) is 11.8 Å². The van der Waals surface area contributed by atoms with Crippen LogP contribution < -0.4 is 5.32 Å². The number of halogens is 2. The van der Waals surface area contributed by atoms with Crippen LogP contribution in [0.25, 0.3) is 0 Å². The quantitative estimate of drug-likeness (QED) is 0.908. The maximum absolute atomic E-state index is 12.7. The Hall–Kier alpha value is -0.770. The van der Waals surface area contributed by atoms with Crippen LogP contribution in [0.3, 0.4) is 0 Å². The van der Waals surface area contributed by atoms with Gasteiger partial charge in [-0.05, 0) is 56.3 Å². The first-order valence-corrected chi connectivity index (χ1v) is 8.74. The SMILES string of the molecule is CNC[C@@H]1CCCN(C(=O)[C@H]2C[C@H]2c2cccc(Cl)c2Cl)C1. The molecule has 0 spiro atoms. The molecule has 1 aliphatic heterocycles. The number of nitrogens with one attached hydrogen (secondary N) is 1. The standard InChI is InChI=1S/C17H22Cl2N2O/c1-20-9-11-4-3-7-21(10-11)17(22)14-8-13(14)12-5-2-6-15(18)16(12)19/h2,5-6,11,13-14,20H,3-4,7-10H2,1H3/t11-,13-,14-/m0/s1. The minimum atomic E-state index is 0.0873. The smallest absolute Gasteiger partial charge is 0.226 e. The highest BCUT2D eigenvalue weighted by Crippen LogP contribution is 2.51. The zero-order chi connectivity index (χ0) is 15.7. The lowest BCUT2D eigenvalue weighted by molar-refractivity contribution is -0.134. The Morgan fingerprint density at radius 3 is 3.00 bits per heavy atom. The molecule has 0 bridgehead atoms. The zero-order valence-electron chi connectivity index (χ0n) is 12.8. The molecule has 3 rings (SSSR count). The summed E-state index contributed by atoms with van der Waals surface area (Å²) in [5.74, 6) is 1.20. The second kappa shape index (κ2) is 6.77. The van der Waals surface area contributed by atoms with Crippen molar-refractivity contribution >= 4 is 29.1 Å². The topological polar surface area (TPSA) is 32.3 Å². The molecular formula is C17H22Cl2N2O. The fourth-order valence-electron chi connectivity index (χ4n) is 3.57. The van der Waals surface area contributed by atoms with Crippen LogP contribution in [0.1, 0.15) is 30.7 Å². The Bertz CT molecular complexity index is 562. The molecule has 1 heterocycles. The predicted octanol–water partition coefficient (Wildman–Crippen LogP) is 3.55. The highest BCUT2D eigenvalue weighted by Gasteiger charge is 2.47. The van der Waals surface area contributed by atoms with Crippen molar-refractivity contribution < 1.29 is 4.79 Å². The first kappa shape index (κ1) is 16.1. The van der Waals surface area contributed by atoms with Crippen LogP contribution in [0.15, 0.2) is 18.2 Å². The Morgan fingerprint density at radius 2 is 2.23 bits per heavy atom. The van der Waals surface area contributed by atoms with E-state index in [9.17, 15) is 4.79 Å². The average molecular weight is 341 g/mol. The maximum Gasteiger partial charge on any atom is 0.226 e. The number of amides is 1. The van der Waals surface area contributed by atoms with Gasteiger partial charge in [-0.2, -0.15) is 0 Å². The second-order valence-electron chi connectivity index (χ2n) is 6.44. The summed E-state index contributed by atoms with van der Waals surface area (Å²) in [5, 5.41) is 4.40. The van der Waals surface area contributed by atoms with E-state index in [0.717, 1.165) is 38.0 Å². The monoisotopic (exact) mass is 340 g/mol. The highest BCUT2D eigenvalue weighted by atomic mass is 35.5. The molecule has 2 fully saturated rings. The minimum absolute atomic E-state index is 0.0873. The fourth-order valence-corrected chi connectivity index (χ4v) is 4.02. The van der Waals surface area contributed by atoms with Crippen molar-refractivity contribution in [3.8, 4) is 0 Å². The van der Waals surface area contributed by atoms with E-state index in [4.69, 9.17) is 23.2 Å². The lowest BCUT2D eigenvalue weighted by Crippen LogP contribution is -2.43. The summed E-state index contributed by atoms with van der Waals surface area (Å²) in [4.78, 5) is 14.8. The van der Waals surface area contributed by atoms with E-state index < -0.39 is 0 Å². The molecule has 22 heavy (non-hydrogen) atoms. The highest BCUT2D eigenvalue weighted by molar-refractivity contribution is 6.42. The molecule has 1 saturated carbocycles. The van der Waals surface area contributed by atoms with Gasteiger partial charge in [0.05, 0.1) is 10.0 Å². The van der Waals surface area contributed by atoms with E-state index >= 15 is 0 Å². The number of carbonyl (C=O) groups excluding carboxylic acids is 1. The van der Waals surface area contributed by atoms with Gasteiger partial charge in [-0.15, -0.1) is 0 Å². The van der Waals surface area contributed by atoms with Crippen molar-refractivity contribution in [3.05, 3.63) is 33.8 Å². The summed E-state index contributed by atoms with van der Waals surface area (Å²) >= 11 is 12.4. The lowest BCUT2D eigenvalue weighted by Gasteiger charge is -2.33. The van der Waals surface area contributed by atoms with E-state index in [1.165, 1.54) is 6.42 Å². The van der Waals surface area contributed by atoms with Crippen molar-refractivity contribution in [3.63, 3.8) is 0 Å². The van der Waals surface area contributed by atoms with Gasteiger partial charge in [0.15, 0.2) is 0 Å². The molecule has 1 saturated heterocycles. The van der Waals surface area contributed by atoms with Gasteiger partial charge in [0.25, 0.3) is 0 Å². The Kier molecular flexibility index (Phi) is 4.96. The molecule has 1 aromatic carbocycles. The number of likely N-dealkylation sites (tertiary alicyclic amines) is 1. The van der Waals surface area contributed by atoms with Crippen LogP contribution >= 0.6 is 23.2 Å². The molecule has 1 aromatic rings. The second-order valence-corrected chi connectivity index (χ2v) is 7.23. The van der Waals surface area contributed by atoms with Crippen LogP contribution in [-0.4, -0.2) is 37.5 Å². The number of carbonyl (C=O) groups is 1. The third-order valence-corrected chi connectivity index (χ3v) is 5.65. The van der Waals surface area contributed by atoms with Gasteiger partial charge in [0, 0.05) is 19.0 Å². The molecule has 2 aliphatic rings. The van der Waals surface area contributed by atoms with Crippen molar-refractivity contribution in [2.75, 3.05) is 26.7 Å². The number of benzene rings is 1. The summed E-state index contributed by atoms with van der Waals surface area (Å²) in [6, 6.07) is 5.69. The Labute approximate surface area is 142 Å². The van der Waals surface area contributed by atoms with Gasteiger partial charge < -0.3 is 10.2 Å². The normalized spacial score (nSPS) is 27.8. The van der Waals surface area contributed by atoms with E-state index in [2.05, 4.69) is 10.2 Å². The molecule has 1 amide bonds. The third-order valence-electron chi connectivity index (χ3n) is 4.81. The molecule has 1 aliphatic carbocycles. The minimum Gasteiger partial charge on any atom is -0.342 e. The largest absolute Gasteiger partial charge is 0.342 e. The summed E-state index contributed by atoms with van der Waals surface area (Å²) in [6.45, 7) is 2.76. The van der Waals surface area contributed by atoms with Crippen molar-refractivity contribution in [1.29, 1.82) is 0 Å². The molecule has 0 radical (unpaired) electrons. The van der Waals surface area contributed by atoms with Gasteiger partial charge in [-0.1, -0.05) is 35.3 Å². The van der Waals surface area contributed by atoms with E-state index in [-0.39, 0.29) is 11.8 Å². The van der Waals surface area contributed by atoms with Gasteiger partial charge in [0.2, 0.25) is 5.91 Å². The van der Waals surface area contributed by atoms with Gasteiger partial charge in [-0.25, -0.2) is 0 Å². The van der Waals surface area contributed by atoms with Crippen LogP contribution in [0.5, 0.6) is 0 Å². The number of hydrogen-bond acceptors (Lipinski definition) is 2. The molecule has 3 atom stereocenters. The maximum atomic E-state index is 12.7. The van der Waals surface area contributed by atoms with E-state index in [1.807, 2.05) is 19.2 Å². The number of rotatable bonds is 4. The van der Waals surface area contributed by atoms with Gasteiger partial charge >= 0.3 is 0 Å². The third kappa shape index (κ3) is 3.27. The molecule has 0 aromatic heterocycles. The number of hydrogen-bond donors (Lipinski definition) is 1. The van der Waals surface area contributed by atoms with Crippen molar-refractivity contribution in [2.24, 2.45) is 11.8 Å². The first-order chi connectivity index (χ1) is 10.6. The molecular weight excluding hydrogens is 319 g/mol.